The molecule has 6 heteroatoms. The third kappa shape index (κ3) is 4.04. The van der Waals surface area contributed by atoms with Crippen LogP contribution in [-0.4, -0.2) is 25.5 Å². The summed E-state index contributed by atoms with van der Waals surface area (Å²) in [4.78, 5) is 1.95. The molecular formula is C12H14Cl2F3N. The Kier molecular flexibility index (Phi) is 5.32. The molecule has 0 heterocycles. The van der Waals surface area contributed by atoms with Crippen LogP contribution in [0.2, 0.25) is 10.0 Å². The lowest BCUT2D eigenvalue weighted by molar-refractivity contribution is -0.137. The zero-order valence-electron chi connectivity index (χ0n) is 10.1. The number of hydrogen-bond acceptors (Lipinski definition) is 1. The number of rotatable bonds is 4. The maximum atomic E-state index is 12.7. The molecule has 0 bridgehead atoms. The molecule has 0 aliphatic rings. The molecule has 0 atom stereocenters. The molecule has 0 aromatic heterocycles. The molecule has 1 rings (SSSR count). The molecule has 0 aliphatic carbocycles. The topological polar surface area (TPSA) is 3.24 Å². The molecule has 1 aromatic rings. The van der Waals surface area contributed by atoms with Crippen LogP contribution >= 0.6 is 23.2 Å². The smallest absolute Gasteiger partial charge is 0.309 e. The first-order valence-electron chi connectivity index (χ1n) is 5.42. The van der Waals surface area contributed by atoms with E-state index in [0.717, 1.165) is 12.6 Å². The number of alkyl halides is 3. The van der Waals surface area contributed by atoms with Gasteiger partial charge < -0.3 is 4.90 Å². The first kappa shape index (κ1) is 15.6. The van der Waals surface area contributed by atoms with E-state index in [0.29, 0.717) is 18.4 Å². The van der Waals surface area contributed by atoms with E-state index in [1.54, 1.807) is 0 Å². The quantitative estimate of drug-likeness (QED) is 0.791. The monoisotopic (exact) mass is 299 g/mol. The van der Waals surface area contributed by atoms with Crippen molar-refractivity contribution in [3.63, 3.8) is 0 Å². The summed E-state index contributed by atoms with van der Waals surface area (Å²) in [6, 6.07) is 2.17. The van der Waals surface area contributed by atoms with Crippen molar-refractivity contribution in [2.75, 3.05) is 20.6 Å². The lowest BCUT2D eigenvalue weighted by atomic mass is 10.1. The standard InChI is InChI=1S/C12H14Cl2F3N/c1-18(2)7-3-4-8-10(13)6-5-9(11(8)14)12(15,16)17/h5-6H,3-4,7H2,1-2H3. The van der Waals surface area contributed by atoms with Gasteiger partial charge in [0.1, 0.15) is 0 Å². The minimum Gasteiger partial charge on any atom is -0.309 e. The van der Waals surface area contributed by atoms with E-state index in [4.69, 9.17) is 23.2 Å². The second kappa shape index (κ2) is 6.13. The normalized spacial score (nSPS) is 12.2. The molecule has 1 aromatic carbocycles. The molecule has 0 fully saturated rings. The van der Waals surface area contributed by atoms with Crippen LogP contribution in [0.4, 0.5) is 13.2 Å². The van der Waals surface area contributed by atoms with Crippen molar-refractivity contribution in [3.05, 3.63) is 33.3 Å². The SMILES string of the molecule is CN(C)CCCc1c(Cl)ccc(C(F)(F)F)c1Cl. The Bertz CT molecular complexity index is 417. The van der Waals surface area contributed by atoms with E-state index in [1.165, 1.54) is 6.07 Å². The fraction of sp³-hybridized carbons (Fsp3) is 0.500. The van der Waals surface area contributed by atoms with Gasteiger partial charge in [-0.1, -0.05) is 23.2 Å². The molecule has 0 saturated carbocycles. The van der Waals surface area contributed by atoms with Crippen LogP contribution in [0.3, 0.4) is 0 Å². The first-order valence-corrected chi connectivity index (χ1v) is 6.18. The second-order valence-corrected chi connectivity index (χ2v) is 5.08. The molecule has 0 N–H and O–H groups in total. The highest BCUT2D eigenvalue weighted by atomic mass is 35.5. The Morgan fingerprint density at radius 2 is 1.78 bits per heavy atom. The first-order chi connectivity index (χ1) is 8.23. The summed E-state index contributed by atoms with van der Waals surface area (Å²) >= 11 is 11.7. The molecule has 0 amide bonds. The fourth-order valence-corrected chi connectivity index (χ4v) is 2.28. The van der Waals surface area contributed by atoms with Crippen LogP contribution in [0.1, 0.15) is 17.5 Å². The van der Waals surface area contributed by atoms with Crippen molar-refractivity contribution in [2.24, 2.45) is 0 Å². The van der Waals surface area contributed by atoms with Gasteiger partial charge in [0.15, 0.2) is 0 Å². The molecule has 0 unspecified atom stereocenters. The maximum Gasteiger partial charge on any atom is 0.417 e. The van der Waals surface area contributed by atoms with Gasteiger partial charge >= 0.3 is 6.18 Å². The highest BCUT2D eigenvalue weighted by Crippen LogP contribution is 2.39. The van der Waals surface area contributed by atoms with Crippen LogP contribution in [0.15, 0.2) is 12.1 Å². The van der Waals surface area contributed by atoms with E-state index in [1.807, 2.05) is 19.0 Å². The van der Waals surface area contributed by atoms with Gasteiger partial charge in [0.2, 0.25) is 0 Å². The van der Waals surface area contributed by atoms with Gasteiger partial charge in [0.05, 0.1) is 10.6 Å². The second-order valence-electron chi connectivity index (χ2n) is 4.29. The molecular weight excluding hydrogens is 286 g/mol. The Hall–Kier alpha value is -0.450. The summed E-state index contributed by atoms with van der Waals surface area (Å²) < 4.78 is 38.0. The van der Waals surface area contributed by atoms with Crippen LogP contribution in [-0.2, 0) is 12.6 Å². The number of benzene rings is 1. The summed E-state index contributed by atoms with van der Waals surface area (Å²) in [5, 5.41) is 0.000474. The Morgan fingerprint density at radius 3 is 2.28 bits per heavy atom. The van der Waals surface area contributed by atoms with Crippen molar-refractivity contribution < 1.29 is 13.2 Å². The Labute approximate surface area is 114 Å². The minimum absolute atomic E-state index is 0.284. The Balaban J connectivity index is 2.96. The van der Waals surface area contributed by atoms with E-state index in [9.17, 15) is 13.2 Å². The number of halogens is 5. The van der Waals surface area contributed by atoms with Gasteiger partial charge in [0, 0.05) is 5.02 Å². The average Bonchev–Trinajstić information content (AvgIpc) is 2.20. The van der Waals surface area contributed by atoms with Crippen LogP contribution in [0.5, 0.6) is 0 Å². The molecule has 0 spiro atoms. The highest BCUT2D eigenvalue weighted by molar-refractivity contribution is 6.36. The van der Waals surface area contributed by atoms with Crippen LogP contribution in [0, 0.1) is 0 Å². The lowest BCUT2D eigenvalue weighted by Crippen LogP contribution is -2.14. The summed E-state index contributed by atoms with van der Waals surface area (Å²) in [5.74, 6) is 0. The van der Waals surface area contributed by atoms with Crippen molar-refractivity contribution in [2.45, 2.75) is 19.0 Å². The predicted octanol–water partition coefficient (Wildman–Crippen LogP) is 4.51. The largest absolute Gasteiger partial charge is 0.417 e. The number of nitrogens with zero attached hydrogens (tertiary/aromatic N) is 1. The summed E-state index contributed by atoms with van der Waals surface area (Å²) in [6.07, 6.45) is -3.31. The molecule has 0 aliphatic heterocycles. The molecule has 102 valence electrons. The predicted molar refractivity (Wildman–Crippen MR) is 68.3 cm³/mol. The van der Waals surface area contributed by atoms with Crippen molar-refractivity contribution in [3.8, 4) is 0 Å². The van der Waals surface area contributed by atoms with Crippen LogP contribution < -0.4 is 0 Å². The number of hydrogen-bond donors (Lipinski definition) is 0. The van der Waals surface area contributed by atoms with Gasteiger partial charge in [-0.25, -0.2) is 0 Å². The van der Waals surface area contributed by atoms with E-state index >= 15 is 0 Å². The molecule has 1 nitrogen and oxygen atoms in total. The zero-order chi connectivity index (χ0) is 13.9. The van der Waals surface area contributed by atoms with Gasteiger partial charge in [-0.15, -0.1) is 0 Å². The minimum atomic E-state index is -4.45. The van der Waals surface area contributed by atoms with Crippen molar-refractivity contribution >= 4 is 23.2 Å². The molecule has 18 heavy (non-hydrogen) atoms. The molecule has 0 saturated heterocycles. The van der Waals surface area contributed by atoms with Crippen molar-refractivity contribution in [1.82, 2.24) is 4.90 Å². The summed E-state index contributed by atoms with van der Waals surface area (Å²) in [5.41, 5.74) is -0.455. The van der Waals surface area contributed by atoms with E-state index in [-0.39, 0.29) is 10.0 Å². The van der Waals surface area contributed by atoms with Crippen LogP contribution in [0.25, 0.3) is 0 Å². The maximum absolute atomic E-state index is 12.7. The fourth-order valence-electron chi connectivity index (χ4n) is 1.62. The van der Waals surface area contributed by atoms with E-state index < -0.39 is 11.7 Å². The van der Waals surface area contributed by atoms with Gasteiger partial charge in [-0.2, -0.15) is 13.2 Å². The third-order valence-electron chi connectivity index (χ3n) is 2.52. The zero-order valence-corrected chi connectivity index (χ0v) is 11.6. The lowest BCUT2D eigenvalue weighted by Gasteiger charge is -2.15. The van der Waals surface area contributed by atoms with Gasteiger partial charge in [-0.3, -0.25) is 0 Å². The summed E-state index contributed by atoms with van der Waals surface area (Å²) in [7, 11) is 3.80. The third-order valence-corrected chi connectivity index (χ3v) is 3.31. The van der Waals surface area contributed by atoms with Gasteiger partial charge in [0.25, 0.3) is 0 Å². The van der Waals surface area contributed by atoms with Crippen molar-refractivity contribution in [1.29, 1.82) is 0 Å². The molecule has 0 radical (unpaired) electrons. The Morgan fingerprint density at radius 1 is 1.17 bits per heavy atom. The van der Waals surface area contributed by atoms with Gasteiger partial charge in [-0.05, 0) is 51.2 Å². The highest BCUT2D eigenvalue weighted by Gasteiger charge is 2.34. The summed E-state index contributed by atoms with van der Waals surface area (Å²) in [6.45, 7) is 0.767. The van der Waals surface area contributed by atoms with E-state index in [2.05, 4.69) is 0 Å². The average molecular weight is 300 g/mol.